The Morgan fingerprint density at radius 1 is 1.11 bits per heavy atom. The van der Waals surface area contributed by atoms with Crippen LogP contribution in [0.25, 0.3) is 0 Å². The third-order valence-electron chi connectivity index (χ3n) is 5.57. The van der Waals surface area contributed by atoms with E-state index in [0.717, 1.165) is 19.3 Å². The largest absolute Gasteiger partial charge is 0.388 e. The molecule has 1 saturated carbocycles. The lowest BCUT2D eigenvalue weighted by molar-refractivity contribution is -0.118. The smallest absolute Gasteiger partial charge is 0.0945 e. The molecular weight excluding hydrogens is 234 g/mol. The molecule has 3 rings (SSSR count). The van der Waals surface area contributed by atoms with Gasteiger partial charge in [0.1, 0.15) is 0 Å². The summed E-state index contributed by atoms with van der Waals surface area (Å²) in [7, 11) is 0. The van der Waals surface area contributed by atoms with Crippen LogP contribution in [0.1, 0.15) is 44.2 Å². The summed E-state index contributed by atoms with van der Waals surface area (Å²) in [5.74, 6) is 0. The minimum absolute atomic E-state index is 0.176. The lowest BCUT2D eigenvalue weighted by Gasteiger charge is -2.46. The van der Waals surface area contributed by atoms with Crippen molar-refractivity contribution >= 4 is 0 Å². The van der Waals surface area contributed by atoms with Crippen LogP contribution >= 0.6 is 0 Å². The first kappa shape index (κ1) is 12.7. The van der Waals surface area contributed by atoms with Crippen molar-refractivity contribution in [3.05, 3.63) is 35.4 Å². The highest BCUT2D eigenvalue weighted by molar-refractivity contribution is 5.40. The van der Waals surface area contributed by atoms with Crippen LogP contribution in [-0.2, 0) is 12.8 Å². The molecule has 1 aromatic carbocycles. The van der Waals surface area contributed by atoms with Gasteiger partial charge in [0.2, 0.25) is 0 Å². The van der Waals surface area contributed by atoms with Crippen LogP contribution < -0.4 is 0 Å². The molecule has 1 fully saturated rings. The Morgan fingerprint density at radius 3 is 2.11 bits per heavy atom. The van der Waals surface area contributed by atoms with Gasteiger partial charge in [0.15, 0.2) is 0 Å². The van der Waals surface area contributed by atoms with Crippen LogP contribution in [-0.4, -0.2) is 10.7 Å². The van der Waals surface area contributed by atoms with Crippen molar-refractivity contribution in [2.75, 3.05) is 0 Å². The Kier molecular flexibility index (Phi) is 2.56. The number of benzene rings is 1. The van der Waals surface area contributed by atoms with Crippen LogP contribution in [0.4, 0.5) is 0 Å². The third kappa shape index (κ3) is 1.51. The van der Waals surface area contributed by atoms with Crippen molar-refractivity contribution in [2.24, 2.45) is 10.8 Å². The highest BCUT2D eigenvalue weighted by Crippen LogP contribution is 2.58. The van der Waals surface area contributed by atoms with E-state index in [1.165, 1.54) is 11.1 Å². The maximum atomic E-state index is 11.3. The SMILES string of the molecule is CC1(C)CCCC1(O)C1(C#N)Cc2ccccc2C1. The molecule has 0 heterocycles. The average Bonchev–Trinajstić information content (AvgIpc) is 2.89. The summed E-state index contributed by atoms with van der Waals surface area (Å²) in [6.45, 7) is 4.23. The fourth-order valence-corrected chi connectivity index (χ4v) is 4.30. The summed E-state index contributed by atoms with van der Waals surface area (Å²) in [5, 5.41) is 21.2. The summed E-state index contributed by atoms with van der Waals surface area (Å²) in [5.41, 5.74) is 0.787. The molecule has 0 aliphatic heterocycles. The second kappa shape index (κ2) is 3.84. The van der Waals surface area contributed by atoms with E-state index in [-0.39, 0.29) is 5.41 Å². The molecular formula is C17H21NO. The van der Waals surface area contributed by atoms with E-state index in [2.05, 4.69) is 32.0 Å². The van der Waals surface area contributed by atoms with E-state index in [1.807, 2.05) is 12.1 Å². The van der Waals surface area contributed by atoms with Gasteiger partial charge in [-0.2, -0.15) is 5.26 Å². The molecule has 2 aliphatic carbocycles. The highest BCUT2D eigenvalue weighted by Gasteiger charge is 2.62. The first-order valence-corrected chi connectivity index (χ1v) is 7.15. The quantitative estimate of drug-likeness (QED) is 0.837. The number of fused-ring (bicyclic) bond motifs is 1. The number of rotatable bonds is 1. The zero-order valence-corrected chi connectivity index (χ0v) is 11.7. The fraction of sp³-hybridized carbons (Fsp3) is 0.588. The normalized spacial score (nSPS) is 30.8. The van der Waals surface area contributed by atoms with E-state index in [0.29, 0.717) is 12.8 Å². The number of hydrogen-bond acceptors (Lipinski definition) is 2. The van der Waals surface area contributed by atoms with Gasteiger partial charge in [-0.3, -0.25) is 0 Å². The van der Waals surface area contributed by atoms with Gasteiger partial charge in [-0.25, -0.2) is 0 Å². The molecule has 1 aromatic rings. The number of nitriles is 1. The van der Waals surface area contributed by atoms with Crippen molar-refractivity contribution in [1.82, 2.24) is 0 Å². The molecule has 0 amide bonds. The minimum atomic E-state index is -0.867. The van der Waals surface area contributed by atoms with Gasteiger partial charge in [-0.1, -0.05) is 38.1 Å². The maximum absolute atomic E-state index is 11.3. The first-order valence-electron chi connectivity index (χ1n) is 7.15. The van der Waals surface area contributed by atoms with Crippen molar-refractivity contribution in [2.45, 2.75) is 51.6 Å². The van der Waals surface area contributed by atoms with Crippen LogP contribution in [0.5, 0.6) is 0 Å². The van der Waals surface area contributed by atoms with Gasteiger partial charge in [-0.05, 0) is 48.6 Å². The van der Waals surface area contributed by atoms with Gasteiger partial charge < -0.3 is 5.11 Å². The van der Waals surface area contributed by atoms with Gasteiger partial charge in [-0.15, -0.1) is 0 Å². The number of aliphatic hydroxyl groups is 1. The van der Waals surface area contributed by atoms with E-state index in [9.17, 15) is 10.4 Å². The predicted molar refractivity (Wildman–Crippen MR) is 74.5 cm³/mol. The van der Waals surface area contributed by atoms with Gasteiger partial charge in [0.25, 0.3) is 0 Å². The molecule has 0 aromatic heterocycles. The fourth-order valence-electron chi connectivity index (χ4n) is 4.30. The number of nitrogens with zero attached hydrogens (tertiary/aromatic N) is 1. The average molecular weight is 255 g/mol. The Hall–Kier alpha value is -1.33. The summed E-state index contributed by atoms with van der Waals surface area (Å²) in [6.07, 6.45) is 4.16. The Labute approximate surface area is 115 Å². The van der Waals surface area contributed by atoms with Crippen LogP contribution in [0.2, 0.25) is 0 Å². The topological polar surface area (TPSA) is 44.0 Å². The van der Waals surface area contributed by atoms with Gasteiger partial charge in [0, 0.05) is 0 Å². The molecule has 19 heavy (non-hydrogen) atoms. The zero-order valence-electron chi connectivity index (χ0n) is 11.7. The second-order valence-electron chi connectivity index (χ2n) is 6.91. The van der Waals surface area contributed by atoms with Crippen LogP contribution in [0.15, 0.2) is 24.3 Å². The molecule has 1 unspecified atom stereocenters. The Morgan fingerprint density at radius 2 is 1.68 bits per heavy atom. The van der Waals surface area contributed by atoms with Crippen LogP contribution in [0, 0.1) is 22.2 Å². The Bertz CT molecular complexity index is 530. The highest BCUT2D eigenvalue weighted by atomic mass is 16.3. The molecule has 2 heteroatoms. The lowest BCUT2D eigenvalue weighted by atomic mass is 9.60. The van der Waals surface area contributed by atoms with E-state index >= 15 is 0 Å². The van der Waals surface area contributed by atoms with E-state index in [4.69, 9.17) is 0 Å². The predicted octanol–water partition coefficient (Wildman–Crippen LogP) is 3.24. The van der Waals surface area contributed by atoms with Crippen LogP contribution in [0.3, 0.4) is 0 Å². The molecule has 100 valence electrons. The molecule has 1 N–H and O–H groups in total. The third-order valence-corrected chi connectivity index (χ3v) is 5.57. The minimum Gasteiger partial charge on any atom is -0.388 e. The standard InChI is InChI=1S/C17H21NO/c1-15(2)8-5-9-17(15,19)16(12-18)10-13-6-3-4-7-14(13)11-16/h3-4,6-7,19H,5,8-11H2,1-2H3. The summed E-state index contributed by atoms with van der Waals surface area (Å²) in [6, 6.07) is 10.8. The molecule has 0 radical (unpaired) electrons. The molecule has 0 bridgehead atoms. The molecule has 2 aliphatic rings. The monoisotopic (exact) mass is 255 g/mol. The zero-order chi connectivity index (χ0) is 13.7. The van der Waals surface area contributed by atoms with E-state index < -0.39 is 11.0 Å². The second-order valence-corrected chi connectivity index (χ2v) is 6.91. The summed E-state index contributed by atoms with van der Waals surface area (Å²) < 4.78 is 0. The molecule has 0 spiro atoms. The van der Waals surface area contributed by atoms with Crippen molar-refractivity contribution in [3.63, 3.8) is 0 Å². The van der Waals surface area contributed by atoms with Crippen molar-refractivity contribution in [1.29, 1.82) is 5.26 Å². The maximum Gasteiger partial charge on any atom is 0.0945 e. The van der Waals surface area contributed by atoms with Gasteiger partial charge in [0.05, 0.1) is 17.1 Å². The molecule has 0 saturated heterocycles. The number of hydrogen-bond donors (Lipinski definition) is 1. The molecule has 2 nitrogen and oxygen atoms in total. The first-order chi connectivity index (χ1) is 8.94. The van der Waals surface area contributed by atoms with E-state index in [1.54, 1.807) is 0 Å². The van der Waals surface area contributed by atoms with Gasteiger partial charge >= 0.3 is 0 Å². The molecule has 1 atom stereocenters. The summed E-state index contributed by atoms with van der Waals surface area (Å²) in [4.78, 5) is 0. The Balaban J connectivity index is 2.07. The van der Waals surface area contributed by atoms with Crippen molar-refractivity contribution < 1.29 is 5.11 Å². The summed E-state index contributed by atoms with van der Waals surface area (Å²) >= 11 is 0. The lowest BCUT2D eigenvalue weighted by Crippen LogP contribution is -2.54. The van der Waals surface area contributed by atoms with Crippen molar-refractivity contribution in [3.8, 4) is 6.07 Å².